The second-order valence-electron chi connectivity index (χ2n) is 7.69. The third-order valence-electron chi connectivity index (χ3n) is 5.52. The van der Waals surface area contributed by atoms with Gasteiger partial charge in [-0.2, -0.15) is 4.98 Å². The van der Waals surface area contributed by atoms with Gasteiger partial charge < -0.3 is 19.6 Å². The van der Waals surface area contributed by atoms with Gasteiger partial charge in [-0.3, -0.25) is 0 Å². The molecule has 0 radical (unpaired) electrons. The van der Waals surface area contributed by atoms with Crippen LogP contribution in [0.1, 0.15) is 24.7 Å². The fourth-order valence-electron chi connectivity index (χ4n) is 3.57. The molecule has 0 atom stereocenters. The number of urea groups is 1. The third kappa shape index (κ3) is 4.18. The Morgan fingerprint density at radius 2 is 1.70 bits per heavy atom. The maximum absolute atomic E-state index is 12.5. The highest BCUT2D eigenvalue weighted by molar-refractivity contribution is 9.10. The van der Waals surface area contributed by atoms with Crippen LogP contribution in [0, 0.1) is 0 Å². The molecule has 7 nitrogen and oxygen atoms in total. The average molecular weight is 468 g/mol. The second-order valence-corrected chi connectivity index (χ2v) is 8.60. The monoisotopic (exact) mass is 467 g/mol. The normalized spacial score (nSPS) is 16.6. The van der Waals surface area contributed by atoms with E-state index in [9.17, 15) is 4.79 Å². The van der Waals surface area contributed by atoms with E-state index in [4.69, 9.17) is 4.52 Å². The lowest BCUT2D eigenvalue weighted by molar-refractivity contribution is 0.208. The smallest absolute Gasteiger partial charge is 0.321 e. The molecular formula is C22H22BrN5O2. The molecule has 2 fully saturated rings. The molecule has 1 aliphatic carbocycles. The summed E-state index contributed by atoms with van der Waals surface area (Å²) >= 11 is 3.40. The lowest BCUT2D eigenvalue weighted by atomic mass is 10.1. The molecule has 0 bridgehead atoms. The van der Waals surface area contributed by atoms with Gasteiger partial charge in [0, 0.05) is 53.5 Å². The fourth-order valence-corrected chi connectivity index (χ4v) is 3.84. The number of hydrogen-bond acceptors (Lipinski definition) is 5. The molecule has 8 heteroatoms. The molecule has 0 unspecified atom stereocenters. The van der Waals surface area contributed by atoms with Crippen molar-refractivity contribution in [3.05, 3.63) is 58.9 Å². The molecule has 3 aromatic rings. The first kappa shape index (κ1) is 19.1. The first-order chi connectivity index (χ1) is 14.7. The second kappa shape index (κ2) is 8.10. The van der Waals surface area contributed by atoms with Crippen molar-refractivity contribution in [3.63, 3.8) is 0 Å². The van der Waals surface area contributed by atoms with E-state index >= 15 is 0 Å². The molecule has 1 aromatic heterocycles. The van der Waals surface area contributed by atoms with Gasteiger partial charge in [0.1, 0.15) is 0 Å². The molecule has 1 aliphatic heterocycles. The van der Waals surface area contributed by atoms with Crippen molar-refractivity contribution in [2.75, 3.05) is 36.4 Å². The van der Waals surface area contributed by atoms with E-state index in [0.717, 1.165) is 53.2 Å². The minimum atomic E-state index is -0.0594. The molecule has 2 aliphatic rings. The number of carbonyl (C=O) groups excluding carboxylic acids is 1. The van der Waals surface area contributed by atoms with Gasteiger partial charge in [0.05, 0.1) is 0 Å². The molecule has 1 saturated carbocycles. The Bertz CT molecular complexity index is 1020. The van der Waals surface area contributed by atoms with E-state index in [1.165, 1.54) is 0 Å². The van der Waals surface area contributed by atoms with E-state index in [-0.39, 0.29) is 6.03 Å². The molecule has 2 aromatic carbocycles. The lowest BCUT2D eigenvalue weighted by Crippen LogP contribution is -2.50. The summed E-state index contributed by atoms with van der Waals surface area (Å²) in [6.07, 6.45) is 2.29. The number of aromatic nitrogens is 2. The number of hydrogen-bond donors (Lipinski definition) is 1. The summed E-state index contributed by atoms with van der Waals surface area (Å²) in [4.78, 5) is 21.2. The molecule has 0 spiro atoms. The number of carbonyl (C=O) groups is 1. The summed E-state index contributed by atoms with van der Waals surface area (Å²) in [5, 5.41) is 7.06. The summed E-state index contributed by atoms with van der Waals surface area (Å²) in [7, 11) is 0. The number of piperazine rings is 1. The molecule has 2 amide bonds. The van der Waals surface area contributed by atoms with Crippen molar-refractivity contribution in [2.24, 2.45) is 0 Å². The summed E-state index contributed by atoms with van der Waals surface area (Å²) in [5.74, 6) is 1.87. The quantitative estimate of drug-likeness (QED) is 0.600. The summed E-state index contributed by atoms with van der Waals surface area (Å²) < 4.78 is 6.34. The van der Waals surface area contributed by atoms with Gasteiger partial charge in [-0.25, -0.2) is 4.79 Å². The number of anilines is 2. The van der Waals surface area contributed by atoms with Crippen LogP contribution in [0.15, 0.2) is 57.5 Å². The van der Waals surface area contributed by atoms with Gasteiger partial charge in [-0.05, 0) is 61.4 Å². The largest absolute Gasteiger partial charge is 0.368 e. The predicted octanol–water partition coefficient (Wildman–Crippen LogP) is 4.73. The molecule has 1 saturated heterocycles. The predicted molar refractivity (Wildman–Crippen MR) is 119 cm³/mol. The van der Waals surface area contributed by atoms with Crippen LogP contribution in [0.3, 0.4) is 0 Å². The maximum atomic E-state index is 12.5. The van der Waals surface area contributed by atoms with E-state index in [0.29, 0.717) is 24.8 Å². The zero-order chi connectivity index (χ0) is 20.5. The number of nitrogens with one attached hydrogen (secondary N) is 1. The van der Waals surface area contributed by atoms with Crippen LogP contribution in [0.25, 0.3) is 11.4 Å². The summed E-state index contributed by atoms with van der Waals surface area (Å²) in [6.45, 7) is 2.95. The van der Waals surface area contributed by atoms with Crippen LogP contribution in [-0.4, -0.2) is 47.3 Å². The van der Waals surface area contributed by atoms with Crippen molar-refractivity contribution in [2.45, 2.75) is 18.8 Å². The Kier molecular flexibility index (Phi) is 5.16. The van der Waals surface area contributed by atoms with Crippen LogP contribution < -0.4 is 10.2 Å². The molecular weight excluding hydrogens is 446 g/mol. The van der Waals surface area contributed by atoms with E-state index in [1.54, 1.807) is 0 Å². The highest BCUT2D eigenvalue weighted by atomic mass is 79.9. The molecule has 2 heterocycles. The van der Waals surface area contributed by atoms with E-state index in [1.807, 2.05) is 41.3 Å². The summed E-state index contributed by atoms with van der Waals surface area (Å²) in [5.41, 5.74) is 2.90. The Labute approximate surface area is 183 Å². The topological polar surface area (TPSA) is 74.5 Å². The molecule has 154 valence electrons. The van der Waals surface area contributed by atoms with E-state index < -0.39 is 0 Å². The standard InChI is InChI=1S/C22H22BrN5O2/c23-17-5-7-18(8-6-17)24-22(29)28-13-11-27(12-14-28)19-9-3-15(4-10-19)20-25-21(30-26-20)16-1-2-16/h3-10,16H,1-2,11-14H2,(H,24,29). The van der Waals surface area contributed by atoms with Gasteiger partial charge in [-0.15, -0.1) is 0 Å². The fraction of sp³-hybridized carbons (Fsp3) is 0.318. The highest BCUT2D eigenvalue weighted by Crippen LogP contribution is 2.39. The number of nitrogens with zero attached hydrogens (tertiary/aromatic N) is 4. The Morgan fingerprint density at radius 3 is 2.37 bits per heavy atom. The molecule has 5 rings (SSSR count). The zero-order valence-electron chi connectivity index (χ0n) is 16.4. The first-order valence-electron chi connectivity index (χ1n) is 10.2. The minimum Gasteiger partial charge on any atom is -0.368 e. The van der Waals surface area contributed by atoms with Crippen molar-refractivity contribution in [1.29, 1.82) is 0 Å². The highest BCUT2D eigenvalue weighted by Gasteiger charge is 2.29. The van der Waals surface area contributed by atoms with Crippen LogP contribution in [0.5, 0.6) is 0 Å². The first-order valence-corrected chi connectivity index (χ1v) is 11.0. The maximum Gasteiger partial charge on any atom is 0.321 e. The number of halogens is 1. The molecule has 1 N–H and O–H groups in total. The average Bonchev–Trinajstić information content (AvgIpc) is 3.52. The van der Waals surface area contributed by atoms with E-state index in [2.05, 4.69) is 48.4 Å². The van der Waals surface area contributed by atoms with Gasteiger partial charge in [-0.1, -0.05) is 21.1 Å². The zero-order valence-corrected chi connectivity index (χ0v) is 18.0. The number of benzene rings is 2. The van der Waals surface area contributed by atoms with Crippen LogP contribution in [-0.2, 0) is 0 Å². The van der Waals surface area contributed by atoms with Crippen molar-refractivity contribution >= 4 is 33.3 Å². The van der Waals surface area contributed by atoms with Crippen molar-refractivity contribution < 1.29 is 9.32 Å². The van der Waals surface area contributed by atoms with Gasteiger partial charge in [0.25, 0.3) is 0 Å². The third-order valence-corrected chi connectivity index (χ3v) is 6.05. The van der Waals surface area contributed by atoms with Crippen LogP contribution >= 0.6 is 15.9 Å². The Hall–Kier alpha value is -2.87. The van der Waals surface area contributed by atoms with Gasteiger partial charge in [0.2, 0.25) is 11.7 Å². The molecule has 30 heavy (non-hydrogen) atoms. The number of amides is 2. The minimum absolute atomic E-state index is 0.0594. The number of rotatable bonds is 4. The Morgan fingerprint density at radius 1 is 1.00 bits per heavy atom. The van der Waals surface area contributed by atoms with Crippen molar-refractivity contribution in [3.8, 4) is 11.4 Å². The van der Waals surface area contributed by atoms with Crippen molar-refractivity contribution in [1.82, 2.24) is 15.0 Å². The Balaban J connectivity index is 1.17. The van der Waals surface area contributed by atoms with Crippen LogP contribution in [0.2, 0.25) is 0 Å². The summed E-state index contributed by atoms with van der Waals surface area (Å²) in [6, 6.07) is 15.8. The lowest BCUT2D eigenvalue weighted by Gasteiger charge is -2.36. The SMILES string of the molecule is O=C(Nc1ccc(Br)cc1)N1CCN(c2ccc(-c3noc(C4CC4)n3)cc2)CC1. The van der Waals surface area contributed by atoms with Gasteiger partial charge in [0.15, 0.2) is 0 Å². The van der Waals surface area contributed by atoms with Gasteiger partial charge >= 0.3 is 6.03 Å². The van der Waals surface area contributed by atoms with Crippen LogP contribution in [0.4, 0.5) is 16.2 Å².